The third-order valence-electron chi connectivity index (χ3n) is 2.46. The maximum atomic E-state index is 11.1. The molecule has 1 aromatic rings. The molecule has 0 unspecified atom stereocenters. The van der Waals surface area contributed by atoms with Crippen molar-refractivity contribution in [3.05, 3.63) is 29.6 Å². The zero-order valence-corrected chi connectivity index (χ0v) is 9.29. The number of ketones is 1. The highest BCUT2D eigenvalue weighted by Gasteiger charge is 2.24. The Bertz CT molecular complexity index is 342. The highest BCUT2D eigenvalue weighted by Crippen LogP contribution is 2.28. The molecule has 0 saturated carbocycles. The number of rotatable bonds is 3. The summed E-state index contributed by atoms with van der Waals surface area (Å²) in [7, 11) is 0. The number of hydrogen-bond donors (Lipinski definition) is 0. The minimum Gasteiger partial charge on any atom is -0.300 e. The number of carbonyl (C=O) groups excluding carboxylic acids is 1. The number of aromatic nitrogens is 1. The topological polar surface area (TPSA) is 30.0 Å². The Morgan fingerprint density at radius 1 is 1.50 bits per heavy atom. The Morgan fingerprint density at radius 2 is 2.14 bits per heavy atom. The molecule has 0 atom stereocenters. The fourth-order valence-electron chi connectivity index (χ4n) is 1.89. The van der Waals surface area contributed by atoms with E-state index in [2.05, 4.69) is 25.8 Å². The van der Waals surface area contributed by atoms with E-state index < -0.39 is 0 Å². The molecule has 0 fully saturated rings. The van der Waals surface area contributed by atoms with Gasteiger partial charge in [-0.15, -0.1) is 0 Å². The van der Waals surface area contributed by atoms with Gasteiger partial charge in [-0.05, 0) is 36.5 Å². The summed E-state index contributed by atoms with van der Waals surface area (Å²) < 4.78 is 0. The predicted octanol–water partition coefficient (Wildman–Crippen LogP) is 2.65. The lowest BCUT2D eigenvalue weighted by atomic mass is 9.79. The Kier molecular flexibility index (Phi) is 3.04. The fraction of sp³-hybridized carbons (Fsp3) is 0.500. The van der Waals surface area contributed by atoms with E-state index in [-0.39, 0.29) is 11.2 Å². The first-order valence-electron chi connectivity index (χ1n) is 4.84. The van der Waals surface area contributed by atoms with Gasteiger partial charge in [0.2, 0.25) is 0 Å². The van der Waals surface area contributed by atoms with Crippen molar-refractivity contribution in [2.24, 2.45) is 0 Å². The van der Waals surface area contributed by atoms with Gasteiger partial charge in [-0.2, -0.15) is 0 Å². The van der Waals surface area contributed by atoms with Crippen LogP contribution < -0.4 is 0 Å². The summed E-state index contributed by atoms with van der Waals surface area (Å²) >= 11 is 0. The number of aryl methyl sites for hydroxylation is 1. The van der Waals surface area contributed by atoms with Crippen molar-refractivity contribution >= 4 is 5.78 Å². The summed E-state index contributed by atoms with van der Waals surface area (Å²) in [5.41, 5.74) is 2.26. The molecule has 1 aromatic heterocycles. The van der Waals surface area contributed by atoms with E-state index in [4.69, 9.17) is 0 Å². The molecule has 0 aromatic carbocycles. The van der Waals surface area contributed by atoms with Gasteiger partial charge in [0.1, 0.15) is 5.78 Å². The summed E-state index contributed by atoms with van der Waals surface area (Å²) in [4.78, 5) is 15.2. The molecule has 1 rings (SSSR count). The van der Waals surface area contributed by atoms with Crippen LogP contribution in [-0.4, -0.2) is 10.8 Å². The number of nitrogens with zero attached hydrogens (tertiary/aromatic N) is 1. The number of pyridine rings is 1. The molecule has 0 aliphatic heterocycles. The van der Waals surface area contributed by atoms with Gasteiger partial charge in [-0.1, -0.05) is 13.8 Å². The smallest absolute Gasteiger partial charge is 0.130 e. The van der Waals surface area contributed by atoms with Gasteiger partial charge >= 0.3 is 0 Å². The van der Waals surface area contributed by atoms with Gasteiger partial charge in [-0.25, -0.2) is 0 Å². The molecule has 76 valence electrons. The summed E-state index contributed by atoms with van der Waals surface area (Å²) in [6.45, 7) is 7.85. The van der Waals surface area contributed by atoms with Crippen LogP contribution in [-0.2, 0) is 10.2 Å². The normalized spacial score (nSPS) is 11.4. The maximum absolute atomic E-state index is 11.1. The SMILES string of the molecule is CC(=O)CC(C)(C)c1cnccc1C. The quantitative estimate of drug-likeness (QED) is 0.735. The van der Waals surface area contributed by atoms with Gasteiger partial charge in [-0.3, -0.25) is 9.78 Å². The molecule has 0 spiro atoms. The van der Waals surface area contributed by atoms with Crippen LogP contribution in [0.25, 0.3) is 0 Å². The molecule has 0 radical (unpaired) electrons. The Morgan fingerprint density at radius 3 is 2.64 bits per heavy atom. The van der Waals surface area contributed by atoms with Crippen molar-refractivity contribution in [2.45, 2.75) is 39.5 Å². The van der Waals surface area contributed by atoms with E-state index in [1.807, 2.05) is 12.3 Å². The number of carbonyl (C=O) groups is 1. The summed E-state index contributed by atoms with van der Waals surface area (Å²) in [6.07, 6.45) is 4.21. The molecular weight excluding hydrogens is 174 g/mol. The van der Waals surface area contributed by atoms with E-state index in [0.717, 1.165) is 5.56 Å². The lowest BCUT2D eigenvalue weighted by Gasteiger charge is -2.25. The second-order valence-corrected chi connectivity index (χ2v) is 4.45. The van der Waals surface area contributed by atoms with Gasteiger partial charge in [0.15, 0.2) is 0 Å². The van der Waals surface area contributed by atoms with Crippen LogP contribution in [0.4, 0.5) is 0 Å². The van der Waals surface area contributed by atoms with Crippen molar-refractivity contribution in [3.8, 4) is 0 Å². The number of Topliss-reactive ketones (excluding diaryl/α,β-unsaturated/α-hetero) is 1. The van der Waals surface area contributed by atoms with Crippen molar-refractivity contribution < 1.29 is 4.79 Å². The van der Waals surface area contributed by atoms with Crippen LogP contribution in [0, 0.1) is 6.92 Å². The van der Waals surface area contributed by atoms with Gasteiger partial charge in [0, 0.05) is 18.8 Å². The minimum atomic E-state index is -0.107. The van der Waals surface area contributed by atoms with E-state index in [9.17, 15) is 4.79 Å². The van der Waals surface area contributed by atoms with Crippen LogP contribution in [0.3, 0.4) is 0 Å². The van der Waals surface area contributed by atoms with Gasteiger partial charge < -0.3 is 0 Å². The Labute approximate surface area is 85.4 Å². The van der Waals surface area contributed by atoms with Gasteiger partial charge in [0.05, 0.1) is 0 Å². The standard InChI is InChI=1S/C12H17NO/c1-9-5-6-13-8-11(9)12(3,4)7-10(2)14/h5-6,8H,7H2,1-4H3. The molecule has 0 saturated heterocycles. The summed E-state index contributed by atoms with van der Waals surface area (Å²) in [5.74, 6) is 0.221. The second-order valence-electron chi connectivity index (χ2n) is 4.45. The van der Waals surface area contributed by atoms with Crippen molar-refractivity contribution in [1.82, 2.24) is 4.98 Å². The molecular formula is C12H17NO. The van der Waals surface area contributed by atoms with Crippen LogP contribution in [0.1, 0.15) is 38.3 Å². The monoisotopic (exact) mass is 191 g/mol. The van der Waals surface area contributed by atoms with Crippen molar-refractivity contribution in [2.75, 3.05) is 0 Å². The molecule has 1 heterocycles. The molecule has 2 heteroatoms. The first-order chi connectivity index (χ1) is 6.43. The van der Waals surface area contributed by atoms with E-state index in [0.29, 0.717) is 6.42 Å². The summed E-state index contributed by atoms with van der Waals surface area (Å²) in [5, 5.41) is 0. The van der Waals surface area contributed by atoms with Crippen molar-refractivity contribution in [3.63, 3.8) is 0 Å². The first-order valence-corrected chi connectivity index (χ1v) is 4.84. The first kappa shape index (κ1) is 10.9. The van der Waals surface area contributed by atoms with Crippen LogP contribution in [0.5, 0.6) is 0 Å². The Hall–Kier alpha value is -1.18. The van der Waals surface area contributed by atoms with E-state index in [1.165, 1.54) is 5.56 Å². The molecule has 0 N–H and O–H groups in total. The molecule has 0 bridgehead atoms. The van der Waals surface area contributed by atoms with E-state index in [1.54, 1.807) is 13.1 Å². The fourth-order valence-corrected chi connectivity index (χ4v) is 1.89. The molecule has 2 nitrogen and oxygen atoms in total. The summed E-state index contributed by atoms with van der Waals surface area (Å²) in [6, 6.07) is 1.98. The van der Waals surface area contributed by atoms with Crippen LogP contribution in [0.2, 0.25) is 0 Å². The third kappa shape index (κ3) is 2.41. The average Bonchev–Trinajstić information content (AvgIpc) is 2.02. The highest BCUT2D eigenvalue weighted by molar-refractivity contribution is 5.77. The lowest BCUT2D eigenvalue weighted by molar-refractivity contribution is -0.118. The predicted molar refractivity (Wildman–Crippen MR) is 57.3 cm³/mol. The molecule has 0 amide bonds. The maximum Gasteiger partial charge on any atom is 0.130 e. The average molecular weight is 191 g/mol. The van der Waals surface area contributed by atoms with E-state index >= 15 is 0 Å². The molecule has 14 heavy (non-hydrogen) atoms. The van der Waals surface area contributed by atoms with Gasteiger partial charge in [0.25, 0.3) is 0 Å². The highest BCUT2D eigenvalue weighted by atomic mass is 16.1. The minimum absolute atomic E-state index is 0.107. The zero-order chi connectivity index (χ0) is 10.8. The largest absolute Gasteiger partial charge is 0.300 e. The number of hydrogen-bond acceptors (Lipinski definition) is 2. The molecule has 0 aliphatic carbocycles. The lowest BCUT2D eigenvalue weighted by Crippen LogP contribution is -2.22. The zero-order valence-electron chi connectivity index (χ0n) is 9.29. The second kappa shape index (κ2) is 3.91. The molecule has 0 aliphatic rings. The van der Waals surface area contributed by atoms with Crippen molar-refractivity contribution in [1.29, 1.82) is 0 Å². The third-order valence-corrected chi connectivity index (χ3v) is 2.46. The Balaban J connectivity index is 3.03. The van der Waals surface area contributed by atoms with Crippen LogP contribution in [0.15, 0.2) is 18.5 Å². The van der Waals surface area contributed by atoms with Crippen LogP contribution >= 0.6 is 0 Å².